The van der Waals surface area contributed by atoms with Crippen LogP contribution in [0.15, 0.2) is 18.2 Å². The van der Waals surface area contributed by atoms with E-state index in [1.807, 2.05) is 0 Å². The summed E-state index contributed by atoms with van der Waals surface area (Å²) in [5.41, 5.74) is 4.59. The van der Waals surface area contributed by atoms with Crippen molar-refractivity contribution >= 4 is 43.6 Å². The van der Waals surface area contributed by atoms with Crippen molar-refractivity contribution in [1.82, 2.24) is 0 Å². The fourth-order valence-corrected chi connectivity index (χ4v) is 23.3. The van der Waals surface area contributed by atoms with E-state index >= 15 is 0 Å². The van der Waals surface area contributed by atoms with E-state index in [9.17, 15) is 0 Å². The molecular formula is C8H19NSi4. The van der Waals surface area contributed by atoms with Gasteiger partial charge in [-0.25, -0.2) is 0 Å². The van der Waals surface area contributed by atoms with E-state index in [2.05, 4.69) is 36.3 Å². The molecule has 0 saturated heterocycles. The molecule has 1 aromatic rings. The second kappa shape index (κ2) is 4.94. The zero-order chi connectivity index (χ0) is 9.84. The molecule has 1 rings (SSSR count). The van der Waals surface area contributed by atoms with Gasteiger partial charge in [-0.3, -0.25) is 0 Å². The Morgan fingerprint density at radius 3 is 1.92 bits per heavy atom. The standard InChI is InChI=1S/C8H19NSi4/c1-6-4-3-5-7(2)8(6)9(12-10)13-11/h3-5H,12-13H2,1-2,10-11H3. The molecule has 0 fully saturated rings. The molecule has 0 unspecified atom stereocenters. The Morgan fingerprint density at radius 2 is 1.54 bits per heavy atom. The molecule has 0 bridgehead atoms. The lowest BCUT2D eigenvalue weighted by Crippen LogP contribution is -2.33. The Labute approximate surface area is 91.1 Å². The van der Waals surface area contributed by atoms with Crippen LogP contribution in [0.4, 0.5) is 5.69 Å². The van der Waals surface area contributed by atoms with Gasteiger partial charge < -0.3 is 4.23 Å². The molecule has 13 heavy (non-hydrogen) atoms. The van der Waals surface area contributed by atoms with Crippen molar-refractivity contribution in [1.29, 1.82) is 0 Å². The second-order valence-electron chi connectivity index (χ2n) is 3.41. The van der Waals surface area contributed by atoms with Crippen molar-refractivity contribution < 1.29 is 0 Å². The first-order valence-corrected chi connectivity index (χ1v) is 17.6. The third kappa shape index (κ3) is 2.43. The predicted octanol–water partition coefficient (Wildman–Crippen LogP) is -2.16. The molecule has 0 spiro atoms. The van der Waals surface area contributed by atoms with Gasteiger partial charge in [-0.15, -0.1) is 0 Å². The van der Waals surface area contributed by atoms with Gasteiger partial charge in [-0.05, 0) is 25.0 Å². The quantitative estimate of drug-likeness (QED) is 0.545. The zero-order valence-corrected chi connectivity index (χ0v) is 15.9. The highest BCUT2D eigenvalue weighted by Gasteiger charge is 2.06. The average Bonchev–Trinajstić information content (AvgIpc) is 2.11. The minimum atomic E-state index is 0.156. The maximum atomic E-state index is 2.81. The van der Waals surface area contributed by atoms with Crippen molar-refractivity contribution in [3.63, 3.8) is 0 Å². The predicted molar refractivity (Wildman–Crippen MR) is 75.4 cm³/mol. The van der Waals surface area contributed by atoms with E-state index in [4.69, 9.17) is 0 Å². The number of nitrogens with zero attached hydrogens (tertiary/aromatic N) is 1. The van der Waals surface area contributed by atoms with Crippen LogP contribution in [-0.2, 0) is 0 Å². The van der Waals surface area contributed by atoms with E-state index in [1.54, 1.807) is 5.69 Å². The number of hydrogen-bond acceptors (Lipinski definition) is 1. The minimum Gasteiger partial charge on any atom is -0.439 e. The van der Waals surface area contributed by atoms with Crippen LogP contribution in [0.2, 0.25) is 0 Å². The fraction of sp³-hybridized carbons (Fsp3) is 0.250. The molecule has 0 aromatic heterocycles. The molecule has 0 N–H and O–H groups in total. The normalized spacial score (nSPS) is 12.5. The van der Waals surface area contributed by atoms with Crippen molar-refractivity contribution in [3.8, 4) is 0 Å². The minimum absolute atomic E-state index is 0.156. The van der Waals surface area contributed by atoms with Crippen molar-refractivity contribution in [3.05, 3.63) is 29.3 Å². The average molecular weight is 242 g/mol. The van der Waals surface area contributed by atoms with Crippen molar-refractivity contribution in [2.75, 3.05) is 4.23 Å². The Bertz CT molecular complexity index is 265. The Hall–Kier alpha value is -0.112. The van der Waals surface area contributed by atoms with Crippen molar-refractivity contribution in [2.24, 2.45) is 0 Å². The summed E-state index contributed by atoms with van der Waals surface area (Å²) in [6.45, 7) is 4.51. The number of aryl methyl sites for hydroxylation is 2. The monoisotopic (exact) mass is 241 g/mol. The van der Waals surface area contributed by atoms with Gasteiger partial charge >= 0.3 is 0 Å². The van der Waals surface area contributed by atoms with Gasteiger partial charge in [0.15, 0.2) is 0 Å². The molecule has 5 heteroatoms. The summed E-state index contributed by atoms with van der Waals surface area (Å²) in [7, 11) is 3.18. The Morgan fingerprint density at radius 1 is 1.08 bits per heavy atom. The van der Waals surface area contributed by atoms with Crippen LogP contribution < -0.4 is 4.23 Å². The first-order valence-electron chi connectivity index (χ1n) is 5.01. The molecule has 72 valence electrons. The highest BCUT2D eigenvalue weighted by atomic mass is 29.2. The number of anilines is 1. The largest absolute Gasteiger partial charge is 0.439 e. The van der Waals surface area contributed by atoms with Crippen LogP contribution in [0.5, 0.6) is 0 Å². The summed E-state index contributed by atoms with van der Waals surface area (Å²) < 4.78 is 2.81. The maximum Gasteiger partial charge on any atom is 0.0923 e. The molecule has 0 aliphatic rings. The summed E-state index contributed by atoms with van der Waals surface area (Å²) in [5.74, 6) is 0. The smallest absolute Gasteiger partial charge is 0.0923 e. The lowest BCUT2D eigenvalue weighted by Gasteiger charge is -2.26. The van der Waals surface area contributed by atoms with E-state index in [-0.39, 0.29) is 18.4 Å². The molecule has 0 heterocycles. The van der Waals surface area contributed by atoms with Crippen LogP contribution in [0.3, 0.4) is 0 Å². The lowest BCUT2D eigenvalue weighted by atomic mass is 10.1. The number of benzene rings is 1. The van der Waals surface area contributed by atoms with Gasteiger partial charge in [0.2, 0.25) is 0 Å². The SMILES string of the molecule is Cc1cccc(C)c1N([SiH2][SiH3])[SiH2][SiH3]. The van der Waals surface area contributed by atoms with Gasteiger partial charge in [0.1, 0.15) is 0 Å². The third-order valence-corrected chi connectivity index (χ3v) is 17.3. The second-order valence-corrected chi connectivity index (χ2v) is 10.9. The highest BCUT2D eigenvalue weighted by molar-refractivity contribution is 7.05. The van der Waals surface area contributed by atoms with Gasteiger partial charge in [0, 0.05) is 25.2 Å². The van der Waals surface area contributed by atoms with Crippen molar-refractivity contribution in [2.45, 2.75) is 13.8 Å². The lowest BCUT2D eigenvalue weighted by molar-refractivity contribution is 1.35. The number of hydrogen-bond donors (Lipinski definition) is 0. The molecular weight excluding hydrogens is 222 g/mol. The highest BCUT2D eigenvalue weighted by Crippen LogP contribution is 2.22. The molecule has 0 aliphatic heterocycles. The zero-order valence-electron chi connectivity index (χ0n) is 9.09. The Balaban J connectivity index is 3.10. The van der Waals surface area contributed by atoms with Crippen LogP contribution in [0, 0.1) is 13.8 Å². The van der Waals surface area contributed by atoms with Gasteiger partial charge in [0.25, 0.3) is 0 Å². The van der Waals surface area contributed by atoms with E-state index in [1.165, 1.54) is 30.6 Å². The summed E-state index contributed by atoms with van der Waals surface area (Å²) in [5, 5.41) is 0. The maximum absolute atomic E-state index is 2.81. The van der Waals surface area contributed by atoms with Crippen LogP contribution in [-0.4, -0.2) is 37.9 Å². The molecule has 0 radical (unpaired) electrons. The summed E-state index contributed by atoms with van der Waals surface area (Å²) >= 11 is 0. The van der Waals surface area contributed by atoms with Crippen LogP contribution in [0.25, 0.3) is 0 Å². The molecule has 0 aliphatic carbocycles. The van der Waals surface area contributed by atoms with Gasteiger partial charge in [-0.1, -0.05) is 18.2 Å². The third-order valence-electron chi connectivity index (χ3n) is 2.52. The first kappa shape index (κ1) is 11.0. The fourth-order valence-electron chi connectivity index (χ4n) is 1.84. The van der Waals surface area contributed by atoms with E-state index < -0.39 is 0 Å². The molecule has 0 amide bonds. The Kier molecular flexibility index (Phi) is 4.17. The molecule has 0 saturated carbocycles. The summed E-state index contributed by atoms with van der Waals surface area (Å²) in [6.07, 6.45) is 0. The summed E-state index contributed by atoms with van der Waals surface area (Å²) in [6, 6.07) is 6.69. The number of rotatable bonds is 3. The van der Waals surface area contributed by atoms with Gasteiger partial charge in [-0.2, -0.15) is 0 Å². The van der Waals surface area contributed by atoms with E-state index in [0.717, 1.165) is 0 Å². The number of para-hydroxylation sites is 1. The molecule has 0 atom stereocenters. The van der Waals surface area contributed by atoms with Crippen LogP contribution >= 0.6 is 0 Å². The van der Waals surface area contributed by atoms with Gasteiger partial charge in [0.05, 0.1) is 18.4 Å². The molecule has 1 nitrogen and oxygen atoms in total. The van der Waals surface area contributed by atoms with E-state index in [0.29, 0.717) is 0 Å². The summed E-state index contributed by atoms with van der Waals surface area (Å²) in [4.78, 5) is 0. The topological polar surface area (TPSA) is 3.24 Å². The molecule has 1 aromatic carbocycles. The first-order chi connectivity index (χ1) is 6.20. The van der Waals surface area contributed by atoms with Crippen LogP contribution in [0.1, 0.15) is 11.1 Å².